The molecular formula is C19H20BF4N. The molecule has 0 aliphatic heterocycles. The molecule has 0 aromatic heterocycles. The minimum Gasteiger partial charge on any atom is -0.418 e. The van der Waals surface area contributed by atoms with Gasteiger partial charge >= 0.3 is 7.25 Å². The Morgan fingerprint density at radius 3 is 1.28 bits per heavy atom. The monoisotopic (exact) mass is 349 g/mol. The standard InChI is InChI=1S/C19H20N.BF4/c1-3-20(4-2)19-17(15-11-7-5-8-12-15)18(19)16-13-9-6-10-14-16;2-1(3,4)5/h5-14H,3-4H2,1-2H3;/q+1;-1. The second kappa shape index (κ2) is 8.14. The predicted octanol–water partition coefficient (Wildman–Crippen LogP) is 5.01. The highest BCUT2D eigenvalue weighted by Crippen LogP contribution is 2.34. The number of nitrogens with zero attached hydrogens (tertiary/aromatic N) is 1. The van der Waals surface area contributed by atoms with Crippen LogP contribution in [0.2, 0.25) is 0 Å². The van der Waals surface area contributed by atoms with Crippen LogP contribution in [0.25, 0.3) is 22.3 Å². The Balaban J connectivity index is 0.000000399. The van der Waals surface area contributed by atoms with Gasteiger partial charge in [-0.25, -0.2) is 4.58 Å². The molecule has 0 aliphatic rings. The van der Waals surface area contributed by atoms with Crippen molar-refractivity contribution in [2.24, 2.45) is 0 Å². The molecule has 25 heavy (non-hydrogen) atoms. The molecule has 0 radical (unpaired) electrons. The van der Waals surface area contributed by atoms with Crippen LogP contribution in [0, 0.1) is 0 Å². The highest BCUT2D eigenvalue weighted by atomic mass is 19.5. The minimum absolute atomic E-state index is 1.05. The van der Waals surface area contributed by atoms with E-state index in [4.69, 9.17) is 0 Å². The summed E-state index contributed by atoms with van der Waals surface area (Å²) in [6.07, 6.45) is 0. The van der Waals surface area contributed by atoms with Crippen molar-refractivity contribution in [2.45, 2.75) is 13.8 Å². The molecule has 0 saturated heterocycles. The van der Waals surface area contributed by atoms with Gasteiger partial charge in [0.2, 0.25) is 5.36 Å². The lowest BCUT2D eigenvalue weighted by Gasteiger charge is -1.94. The van der Waals surface area contributed by atoms with Gasteiger partial charge in [-0.15, -0.1) is 0 Å². The summed E-state index contributed by atoms with van der Waals surface area (Å²) in [5.41, 5.74) is 5.49. The molecule has 3 aromatic rings. The Morgan fingerprint density at radius 1 is 0.680 bits per heavy atom. The lowest BCUT2D eigenvalue weighted by Crippen LogP contribution is -2.24. The SMILES string of the molecule is CC[N+](CC)=c1c(-c2ccccc2)c1-c1ccccc1.F[B-](F)(F)F. The van der Waals surface area contributed by atoms with Crippen molar-refractivity contribution in [3.05, 3.63) is 66.0 Å². The largest absolute Gasteiger partial charge is 0.673 e. The number of hydrogen-bond acceptors (Lipinski definition) is 0. The molecule has 1 nitrogen and oxygen atoms in total. The van der Waals surface area contributed by atoms with Gasteiger partial charge in [0.25, 0.3) is 0 Å². The van der Waals surface area contributed by atoms with Crippen LogP contribution in [0.5, 0.6) is 0 Å². The van der Waals surface area contributed by atoms with Crippen LogP contribution in [0.15, 0.2) is 60.7 Å². The van der Waals surface area contributed by atoms with Gasteiger partial charge < -0.3 is 17.3 Å². The molecule has 3 aromatic carbocycles. The summed E-state index contributed by atoms with van der Waals surface area (Å²) < 4.78 is 41.4. The summed E-state index contributed by atoms with van der Waals surface area (Å²) in [6, 6.07) is 21.4. The fourth-order valence-electron chi connectivity index (χ4n) is 2.81. The number of benzene rings is 2. The zero-order valence-corrected chi connectivity index (χ0v) is 14.2. The van der Waals surface area contributed by atoms with E-state index >= 15 is 0 Å². The molecule has 0 atom stereocenters. The lowest BCUT2D eigenvalue weighted by molar-refractivity contribution is 0.368. The quantitative estimate of drug-likeness (QED) is 0.354. The maximum atomic E-state index is 9.75. The summed E-state index contributed by atoms with van der Waals surface area (Å²) >= 11 is 0. The minimum atomic E-state index is -6.00. The normalized spacial score (nSPS) is 11.1. The van der Waals surface area contributed by atoms with Crippen LogP contribution >= 0.6 is 0 Å². The Labute approximate surface area is 145 Å². The van der Waals surface area contributed by atoms with E-state index in [9.17, 15) is 17.3 Å². The Bertz CT molecular complexity index is 750. The average Bonchev–Trinajstić information content (AvgIpc) is 3.31. The Morgan fingerprint density at radius 2 is 1.00 bits per heavy atom. The van der Waals surface area contributed by atoms with Gasteiger partial charge in [0, 0.05) is 0 Å². The second-order valence-electron chi connectivity index (χ2n) is 5.50. The van der Waals surface area contributed by atoms with E-state index in [1.54, 1.807) is 0 Å². The van der Waals surface area contributed by atoms with E-state index in [1.807, 2.05) is 0 Å². The number of rotatable bonds is 4. The topological polar surface area (TPSA) is 3.01 Å². The zero-order chi connectivity index (χ0) is 18.4. The van der Waals surface area contributed by atoms with Gasteiger partial charge in [-0.2, -0.15) is 0 Å². The molecule has 0 saturated carbocycles. The molecular weight excluding hydrogens is 329 g/mol. The van der Waals surface area contributed by atoms with Crippen LogP contribution in [-0.2, 0) is 0 Å². The van der Waals surface area contributed by atoms with Crippen molar-refractivity contribution in [1.29, 1.82) is 0 Å². The van der Waals surface area contributed by atoms with Crippen molar-refractivity contribution >= 4 is 7.25 Å². The maximum absolute atomic E-state index is 9.75. The highest BCUT2D eigenvalue weighted by molar-refractivity contribution is 6.50. The van der Waals surface area contributed by atoms with Gasteiger partial charge in [0.15, 0.2) is 0 Å². The highest BCUT2D eigenvalue weighted by Gasteiger charge is 2.30. The molecule has 3 rings (SSSR count). The third-order valence-electron chi connectivity index (χ3n) is 3.87. The van der Waals surface area contributed by atoms with E-state index in [1.165, 1.54) is 27.6 Å². The summed E-state index contributed by atoms with van der Waals surface area (Å²) in [6.45, 7) is 6.55. The van der Waals surface area contributed by atoms with Crippen molar-refractivity contribution in [1.82, 2.24) is 4.58 Å². The van der Waals surface area contributed by atoms with Gasteiger partial charge in [-0.05, 0) is 25.0 Å². The third kappa shape index (κ3) is 5.31. The molecule has 0 heterocycles. The average molecular weight is 349 g/mol. The number of halogens is 4. The van der Waals surface area contributed by atoms with Crippen LogP contribution in [0.1, 0.15) is 13.8 Å². The fraction of sp³-hybridized carbons (Fsp3) is 0.211. The molecule has 0 N–H and O–H groups in total. The van der Waals surface area contributed by atoms with Gasteiger partial charge in [0.05, 0.1) is 11.1 Å². The van der Waals surface area contributed by atoms with Gasteiger partial charge in [-0.1, -0.05) is 60.7 Å². The second-order valence-corrected chi connectivity index (χ2v) is 5.50. The predicted molar refractivity (Wildman–Crippen MR) is 96.2 cm³/mol. The smallest absolute Gasteiger partial charge is 0.418 e. The van der Waals surface area contributed by atoms with Crippen molar-refractivity contribution in [3.8, 4) is 22.3 Å². The first-order chi connectivity index (χ1) is 11.9. The first kappa shape index (κ1) is 19.0. The summed E-state index contributed by atoms with van der Waals surface area (Å²) in [5, 5.41) is 1.42. The first-order valence-corrected chi connectivity index (χ1v) is 8.21. The van der Waals surface area contributed by atoms with Crippen molar-refractivity contribution < 1.29 is 17.3 Å². The molecule has 0 spiro atoms. The fourth-order valence-corrected chi connectivity index (χ4v) is 2.81. The maximum Gasteiger partial charge on any atom is 0.673 e. The molecule has 0 unspecified atom stereocenters. The van der Waals surface area contributed by atoms with Crippen LogP contribution in [0.4, 0.5) is 17.3 Å². The van der Waals surface area contributed by atoms with E-state index in [0.717, 1.165) is 13.1 Å². The summed E-state index contributed by atoms with van der Waals surface area (Å²) in [4.78, 5) is 0. The Kier molecular flexibility index (Phi) is 6.18. The lowest BCUT2D eigenvalue weighted by atomic mass is 10.1. The van der Waals surface area contributed by atoms with E-state index < -0.39 is 7.25 Å². The van der Waals surface area contributed by atoms with E-state index in [-0.39, 0.29) is 0 Å². The van der Waals surface area contributed by atoms with Crippen molar-refractivity contribution in [3.63, 3.8) is 0 Å². The van der Waals surface area contributed by atoms with Crippen LogP contribution < -0.4 is 9.93 Å². The molecule has 132 valence electrons. The Hall–Kier alpha value is -2.37. The summed E-state index contributed by atoms with van der Waals surface area (Å²) in [5.74, 6) is 0. The van der Waals surface area contributed by atoms with Crippen LogP contribution in [0.3, 0.4) is 0 Å². The zero-order valence-electron chi connectivity index (χ0n) is 14.2. The summed E-state index contributed by atoms with van der Waals surface area (Å²) in [7, 11) is -6.00. The van der Waals surface area contributed by atoms with Gasteiger partial charge in [0.1, 0.15) is 13.1 Å². The van der Waals surface area contributed by atoms with Crippen LogP contribution in [-0.4, -0.2) is 20.3 Å². The van der Waals surface area contributed by atoms with Gasteiger partial charge in [-0.3, -0.25) is 0 Å². The van der Waals surface area contributed by atoms with Crippen molar-refractivity contribution in [2.75, 3.05) is 13.1 Å². The molecule has 0 amide bonds. The number of hydrogen-bond donors (Lipinski definition) is 0. The molecule has 0 fully saturated rings. The van der Waals surface area contributed by atoms with E-state index in [2.05, 4.69) is 79.1 Å². The third-order valence-corrected chi connectivity index (χ3v) is 3.87. The molecule has 6 heteroatoms. The molecule has 0 bridgehead atoms. The van der Waals surface area contributed by atoms with E-state index in [0.29, 0.717) is 0 Å². The first-order valence-electron chi connectivity index (χ1n) is 8.21. The molecule has 0 aliphatic carbocycles.